The summed E-state index contributed by atoms with van der Waals surface area (Å²) in [4.78, 5) is 36.3. The molecule has 0 spiro atoms. The fourth-order valence-corrected chi connectivity index (χ4v) is 4.20. The number of methoxy groups -OCH3 is 2. The number of rotatable bonds is 5. The highest BCUT2D eigenvalue weighted by Gasteiger charge is 2.34. The maximum Gasteiger partial charge on any atom is 0.308 e. The summed E-state index contributed by atoms with van der Waals surface area (Å²) >= 11 is 0. The first-order valence-corrected chi connectivity index (χ1v) is 10.5. The van der Waals surface area contributed by atoms with E-state index in [9.17, 15) is 19.5 Å². The Bertz CT molecular complexity index is 1080. The molecule has 0 aromatic heterocycles. The van der Waals surface area contributed by atoms with Crippen LogP contribution in [0.2, 0.25) is 0 Å². The minimum absolute atomic E-state index is 0.142. The summed E-state index contributed by atoms with van der Waals surface area (Å²) in [6, 6.07) is 1.36. The van der Waals surface area contributed by atoms with Gasteiger partial charge >= 0.3 is 5.97 Å². The Kier molecular flexibility index (Phi) is 7.23. The number of allylic oxidation sites excluding steroid dienone is 2. The maximum atomic E-state index is 12.3. The number of hydrogen-bond donors (Lipinski definition) is 3. The van der Waals surface area contributed by atoms with Crippen LogP contribution in [0.3, 0.4) is 0 Å². The van der Waals surface area contributed by atoms with Crippen LogP contribution in [-0.4, -0.2) is 56.3 Å². The third kappa shape index (κ3) is 4.78. The number of carbonyl (C=O) groups is 3. The summed E-state index contributed by atoms with van der Waals surface area (Å²) in [5.74, 6) is -0.410. The van der Waals surface area contributed by atoms with Crippen LogP contribution in [0.1, 0.15) is 31.4 Å². The SMILES string of the molecule is CNC(=O)C1=CC=C2C(=C[C@@H]1O)[C@@H](NC(C)=O)CCc1cc(OC)c(OC)c(OC(C)=O)c12. The molecule has 2 aliphatic carbocycles. The Morgan fingerprint density at radius 1 is 1.09 bits per heavy atom. The molecule has 9 heteroatoms. The molecule has 0 bridgehead atoms. The van der Waals surface area contributed by atoms with Crippen molar-refractivity contribution in [3.05, 3.63) is 46.6 Å². The van der Waals surface area contributed by atoms with E-state index in [1.54, 1.807) is 18.2 Å². The number of hydrogen-bond acceptors (Lipinski definition) is 7. The van der Waals surface area contributed by atoms with Crippen LogP contribution in [-0.2, 0) is 20.8 Å². The van der Waals surface area contributed by atoms with Crippen LogP contribution >= 0.6 is 0 Å². The Morgan fingerprint density at radius 3 is 2.39 bits per heavy atom. The van der Waals surface area contributed by atoms with E-state index in [1.165, 1.54) is 41.2 Å². The fraction of sp³-hybridized carbons (Fsp3) is 0.375. The number of aryl methyl sites for hydroxylation is 1. The molecule has 3 N–H and O–H groups in total. The molecular weight excluding hydrogens is 428 g/mol. The average Bonchev–Trinajstić information content (AvgIpc) is 3.01. The third-order valence-corrected chi connectivity index (χ3v) is 5.56. The number of fused-ring (bicyclic) bond motifs is 3. The zero-order valence-corrected chi connectivity index (χ0v) is 19.3. The fourth-order valence-electron chi connectivity index (χ4n) is 4.20. The lowest BCUT2D eigenvalue weighted by Gasteiger charge is -2.23. The van der Waals surface area contributed by atoms with Gasteiger partial charge in [-0.05, 0) is 47.8 Å². The molecule has 0 saturated heterocycles. The number of esters is 1. The Balaban J connectivity index is 2.36. The minimum Gasteiger partial charge on any atom is -0.493 e. The molecule has 33 heavy (non-hydrogen) atoms. The van der Waals surface area contributed by atoms with Crippen molar-refractivity contribution in [1.82, 2.24) is 10.6 Å². The van der Waals surface area contributed by atoms with Gasteiger partial charge in [-0.1, -0.05) is 6.08 Å². The molecule has 3 rings (SSSR count). The molecule has 9 nitrogen and oxygen atoms in total. The summed E-state index contributed by atoms with van der Waals surface area (Å²) < 4.78 is 16.6. The Morgan fingerprint density at radius 2 is 1.82 bits per heavy atom. The lowest BCUT2D eigenvalue weighted by molar-refractivity contribution is -0.132. The van der Waals surface area contributed by atoms with Crippen molar-refractivity contribution >= 4 is 23.4 Å². The number of ether oxygens (including phenoxy) is 3. The predicted octanol–water partition coefficient (Wildman–Crippen LogP) is 1.44. The van der Waals surface area contributed by atoms with Gasteiger partial charge in [0.1, 0.15) is 6.10 Å². The van der Waals surface area contributed by atoms with E-state index in [0.29, 0.717) is 35.3 Å². The number of amides is 2. The van der Waals surface area contributed by atoms with Crippen molar-refractivity contribution in [3.8, 4) is 17.2 Å². The summed E-state index contributed by atoms with van der Waals surface area (Å²) in [7, 11) is 4.41. The predicted molar refractivity (Wildman–Crippen MR) is 121 cm³/mol. The molecular formula is C24H28N2O7. The van der Waals surface area contributed by atoms with Gasteiger partial charge in [0.25, 0.3) is 0 Å². The average molecular weight is 456 g/mol. The molecule has 2 aliphatic rings. The quantitative estimate of drug-likeness (QED) is 0.453. The van der Waals surface area contributed by atoms with Gasteiger partial charge in [0, 0.05) is 32.0 Å². The van der Waals surface area contributed by atoms with Crippen molar-refractivity contribution < 1.29 is 33.7 Å². The molecule has 2 atom stereocenters. The minimum atomic E-state index is -1.20. The van der Waals surface area contributed by atoms with Crippen molar-refractivity contribution in [3.63, 3.8) is 0 Å². The lowest BCUT2D eigenvalue weighted by atomic mass is 9.91. The number of carbonyl (C=O) groups excluding carboxylic acids is 3. The third-order valence-electron chi connectivity index (χ3n) is 5.56. The Labute approximate surface area is 192 Å². The first-order valence-electron chi connectivity index (χ1n) is 10.5. The molecule has 0 radical (unpaired) electrons. The van der Waals surface area contributed by atoms with Gasteiger partial charge in [0.15, 0.2) is 11.5 Å². The Hall–Kier alpha value is -3.59. The topological polar surface area (TPSA) is 123 Å². The molecule has 0 aliphatic heterocycles. The number of nitrogens with one attached hydrogen (secondary N) is 2. The van der Waals surface area contributed by atoms with E-state index in [4.69, 9.17) is 14.2 Å². The molecule has 0 fully saturated rings. The smallest absolute Gasteiger partial charge is 0.308 e. The second-order valence-electron chi connectivity index (χ2n) is 7.71. The largest absolute Gasteiger partial charge is 0.493 e. The second-order valence-corrected chi connectivity index (χ2v) is 7.71. The maximum absolute atomic E-state index is 12.3. The van der Waals surface area contributed by atoms with E-state index in [0.717, 1.165) is 5.56 Å². The molecule has 0 heterocycles. The number of benzene rings is 1. The van der Waals surface area contributed by atoms with Crippen molar-refractivity contribution in [2.45, 2.75) is 38.8 Å². The number of likely N-dealkylation sites (N-methyl/N-ethyl adjacent to an activating group) is 1. The lowest BCUT2D eigenvalue weighted by Crippen LogP contribution is -2.35. The number of aliphatic hydroxyl groups is 1. The van der Waals surface area contributed by atoms with Gasteiger partial charge in [-0.2, -0.15) is 0 Å². The first kappa shape index (κ1) is 24.1. The zero-order valence-electron chi connectivity index (χ0n) is 19.3. The van der Waals surface area contributed by atoms with Crippen LogP contribution in [0.25, 0.3) is 5.57 Å². The summed E-state index contributed by atoms with van der Waals surface area (Å²) in [5, 5.41) is 16.2. The van der Waals surface area contributed by atoms with Crippen molar-refractivity contribution in [2.75, 3.05) is 21.3 Å². The molecule has 0 unspecified atom stereocenters. The number of aliphatic hydroxyl groups excluding tert-OH is 1. The highest BCUT2D eigenvalue weighted by Crippen LogP contribution is 2.49. The monoisotopic (exact) mass is 456 g/mol. The van der Waals surface area contributed by atoms with Gasteiger partial charge in [-0.3, -0.25) is 14.4 Å². The van der Waals surface area contributed by atoms with Crippen LogP contribution in [0.5, 0.6) is 17.2 Å². The van der Waals surface area contributed by atoms with Gasteiger partial charge in [0.05, 0.1) is 20.3 Å². The van der Waals surface area contributed by atoms with Crippen LogP contribution < -0.4 is 24.8 Å². The standard InChI is InChI=1S/C24H28N2O7/c1-12(27)26-18-9-6-14-10-20(31-4)22(32-5)23(33-13(2)28)21(14)15-7-8-16(24(30)25-3)19(29)11-17(15)18/h7-8,10-11,18-19,29H,6,9H2,1-5H3,(H,25,30)(H,26,27)/t18-,19-/m0/s1. The van der Waals surface area contributed by atoms with Gasteiger partial charge < -0.3 is 30.0 Å². The van der Waals surface area contributed by atoms with Gasteiger partial charge in [-0.15, -0.1) is 0 Å². The molecule has 2 amide bonds. The highest BCUT2D eigenvalue weighted by atomic mass is 16.6. The van der Waals surface area contributed by atoms with E-state index in [2.05, 4.69) is 10.6 Å². The summed E-state index contributed by atoms with van der Waals surface area (Å²) in [6.07, 6.45) is 4.58. The second kappa shape index (κ2) is 9.91. The van der Waals surface area contributed by atoms with Gasteiger partial charge in [0.2, 0.25) is 17.6 Å². The van der Waals surface area contributed by atoms with E-state index in [1.807, 2.05) is 0 Å². The van der Waals surface area contributed by atoms with Crippen LogP contribution in [0.15, 0.2) is 35.4 Å². The first-order chi connectivity index (χ1) is 15.7. The molecule has 1 aromatic rings. The molecule has 176 valence electrons. The normalized spacial score (nSPS) is 19.3. The summed E-state index contributed by atoms with van der Waals surface area (Å²) in [6.45, 7) is 2.70. The van der Waals surface area contributed by atoms with Crippen LogP contribution in [0.4, 0.5) is 0 Å². The zero-order chi connectivity index (χ0) is 24.3. The van der Waals surface area contributed by atoms with E-state index >= 15 is 0 Å². The van der Waals surface area contributed by atoms with Crippen LogP contribution in [0, 0.1) is 0 Å². The van der Waals surface area contributed by atoms with E-state index < -0.39 is 24.0 Å². The highest BCUT2D eigenvalue weighted by molar-refractivity contribution is 5.98. The van der Waals surface area contributed by atoms with Crippen molar-refractivity contribution in [2.24, 2.45) is 0 Å². The van der Waals surface area contributed by atoms with E-state index in [-0.39, 0.29) is 23.0 Å². The van der Waals surface area contributed by atoms with Crippen molar-refractivity contribution in [1.29, 1.82) is 0 Å². The molecule has 1 aromatic carbocycles. The van der Waals surface area contributed by atoms with Gasteiger partial charge in [-0.25, -0.2) is 0 Å². The molecule has 0 saturated carbocycles. The summed E-state index contributed by atoms with van der Waals surface area (Å²) in [5.41, 5.74) is 2.72.